The highest BCUT2D eigenvalue weighted by Gasteiger charge is 2.22. The molecule has 0 fully saturated rings. The molecule has 3 rings (SSSR count). The highest BCUT2D eigenvalue weighted by atomic mass is 35.5. The Bertz CT molecular complexity index is 1210. The van der Waals surface area contributed by atoms with E-state index in [0.717, 1.165) is 5.39 Å². The number of nitrogens with one attached hydrogen (secondary N) is 2. The molecule has 0 unspecified atom stereocenters. The number of amides is 1. The van der Waals surface area contributed by atoms with Crippen LogP contribution in [0.15, 0.2) is 59.4 Å². The average Bonchev–Trinajstić information content (AvgIpc) is 2.72. The lowest BCUT2D eigenvalue weighted by Crippen LogP contribution is -2.42. The first-order valence-corrected chi connectivity index (χ1v) is 14.1. The summed E-state index contributed by atoms with van der Waals surface area (Å²) < 4.78 is 19.1. The molecular weight excluding hydrogens is 500 g/mol. The molecule has 11 heteroatoms. The Balaban J connectivity index is 0.000000629. The molecule has 2 aromatic carbocycles. The van der Waals surface area contributed by atoms with Crippen molar-refractivity contribution in [1.29, 1.82) is 0 Å². The number of carbonyl (C=O) groups excluding carboxylic acids is 1. The van der Waals surface area contributed by atoms with E-state index in [9.17, 15) is 27.9 Å². The molecule has 1 amide bonds. The number of benzene rings is 2. The quantitative estimate of drug-likeness (QED) is 0.468. The number of carboxylic acids is 1. The Kier molecular flexibility index (Phi) is 12.4. The monoisotopic (exact) mass is 526 g/mol. The van der Waals surface area contributed by atoms with Crippen LogP contribution in [0.4, 0.5) is 0 Å². The fourth-order valence-corrected chi connectivity index (χ4v) is 2.83. The van der Waals surface area contributed by atoms with Gasteiger partial charge in [-0.05, 0) is 35.9 Å². The van der Waals surface area contributed by atoms with Crippen molar-refractivity contribution in [3.8, 4) is 0 Å². The molecule has 1 atom stereocenters. The van der Waals surface area contributed by atoms with Crippen molar-refractivity contribution in [3.63, 3.8) is 0 Å². The van der Waals surface area contributed by atoms with Crippen molar-refractivity contribution in [2.45, 2.75) is 12.5 Å². The minimum Gasteiger partial charge on any atom is -0.480 e. The molecule has 0 aliphatic heterocycles. The molecule has 8 nitrogen and oxygen atoms in total. The number of hydrogen-bond acceptors (Lipinski definition) is 5. The lowest BCUT2D eigenvalue weighted by atomic mass is 10.0. The van der Waals surface area contributed by atoms with E-state index in [1.54, 1.807) is 61.4 Å². The van der Waals surface area contributed by atoms with Gasteiger partial charge in [-0.15, -0.1) is 0 Å². The molecule has 3 aromatic rings. The van der Waals surface area contributed by atoms with Crippen LogP contribution in [0.1, 0.15) is 15.9 Å². The van der Waals surface area contributed by atoms with Crippen LogP contribution in [0, 0.1) is 0 Å². The third kappa shape index (κ3) is 10.9. The normalized spacial score (nSPS) is 11.1. The van der Waals surface area contributed by atoms with Gasteiger partial charge in [0.15, 0.2) is 0 Å². The average molecular weight is 527 g/mol. The maximum Gasteiger partial charge on any atom is 0.326 e. The molecule has 0 aliphatic carbocycles. The number of rotatable bonds is 5. The van der Waals surface area contributed by atoms with Crippen LogP contribution >= 0.6 is 11.6 Å². The number of para-hydroxylation sites is 1. The summed E-state index contributed by atoms with van der Waals surface area (Å²) in [7, 11) is -1.22. The van der Waals surface area contributed by atoms with Crippen LogP contribution in [0.2, 0.25) is 5.02 Å². The van der Waals surface area contributed by atoms with E-state index in [2.05, 4.69) is 10.3 Å². The lowest BCUT2D eigenvalue weighted by molar-refractivity contribution is -0.139. The summed E-state index contributed by atoms with van der Waals surface area (Å²) in [4.78, 5) is 38.5. The van der Waals surface area contributed by atoms with E-state index in [1.807, 2.05) is 0 Å². The lowest BCUT2D eigenvalue weighted by Gasteiger charge is -2.16. The number of aromatic amines is 1. The summed E-state index contributed by atoms with van der Waals surface area (Å²) in [6, 6.07) is 13.4. The number of carbonyl (C=O) groups is 2. The summed E-state index contributed by atoms with van der Waals surface area (Å²) in [6.07, 6.45) is 6.54. The Hall–Kier alpha value is -2.82. The van der Waals surface area contributed by atoms with E-state index in [-0.39, 0.29) is 12.0 Å². The van der Waals surface area contributed by atoms with Crippen LogP contribution in [-0.2, 0) is 32.8 Å². The predicted octanol–water partition coefficient (Wildman–Crippen LogP) is 2.60. The number of hydrogen-bond donors (Lipinski definition) is 3. The van der Waals surface area contributed by atoms with Crippen molar-refractivity contribution in [3.05, 3.63) is 81.1 Å². The minimum atomic E-state index is -1.18. The molecular formula is C23H27ClN2O6S2. The summed E-state index contributed by atoms with van der Waals surface area (Å²) >= 11 is 5.79. The van der Waals surface area contributed by atoms with Gasteiger partial charge in [0, 0.05) is 80.6 Å². The number of pyridine rings is 1. The summed E-state index contributed by atoms with van der Waals surface area (Å²) in [5.74, 6) is -1.71. The zero-order valence-corrected chi connectivity index (χ0v) is 21.6. The van der Waals surface area contributed by atoms with Crippen molar-refractivity contribution in [2.24, 2.45) is 0 Å². The van der Waals surface area contributed by atoms with Crippen LogP contribution in [0.3, 0.4) is 0 Å². The third-order valence-electron chi connectivity index (χ3n) is 3.97. The second-order valence-electron chi connectivity index (χ2n) is 7.26. The topological polar surface area (TPSA) is 133 Å². The molecule has 184 valence electrons. The molecule has 0 spiro atoms. The van der Waals surface area contributed by atoms with Crippen molar-refractivity contribution in [2.75, 3.05) is 25.0 Å². The number of aliphatic carboxylic acids is 1. The molecule has 0 saturated heterocycles. The van der Waals surface area contributed by atoms with E-state index < -0.39 is 39.5 Å². The van der Waals surface area contributed by atoms with Gasteiger partial charge >= 0.3 is 5.97 Å². The maximum atomic E-state index is 12.3. The first kappa shape index (κ1) is 29.2. The molecule has 0 radical (unpaired) electrons. The summed E-state index contributed by atoms with van der Waals surface area (Å²) in [5, 5.41) is 13.2. The van der Waals surface area contributed by atoms with Gasteiger partial charge in [-0.3, -0.25) is 18.0 Å². The first-order chi connectivity index (χ1) is 15.9. The molecule has 0 aliphatic rings. The van der Waals surface area contributed by atoms with Gasteiger partial charge in [0.1, 0.15) is 6.04 Å². The van der Waals surface area contributed by atoms with Gasteiger partial charge in [-0.25, -0.2) is 4.79 Å². The van der Waals surface area contributed by atoms with Crippen molar-refractivity contribution < 1.29 is 23.1 Å². The van der Waals surface area contributed by atoms with Gasteiger partial charge in [0.25, 0.3) is 5.91 Å². The Morgan fingerprint density at radius 3 is 2.06 bits per heavy atom. The second kappa shape index (κ2) is 14.4. The number of H-pyrrole nitrogens is 1. The van der Waals surface area contributed by atoms with Gasteiger partial charge in [-0.1, -0.05) is 29.8 Å². The van der Waals surface area contributed by atoms with Crippen LogP contribution in [0.5, 0.6) is 0 Å². The van der Waals surface area contributed by atoms with Gasteiger partial charge in [-0.2, -0.15) is 0 Å². The third-order valence-corrected chi connectivity index (χ3v) is 4.22. The van der Waals surface area contributed by atoms with E-state index in [4.69, 9.17) is 11.6 Å². The van der Waals surface area contributed by atoms with Crippen molar-refractivity contribution >= 4 is 56.0 Å². The number of fused-ring (bicyclic) bond motifs is 1. The zero-order chi connectivity index (χ0) is 25.8. The highest BCUT2D eigenvalue weighted by Crippen LogP contribution is 2.17. The predicted molar refractivity (Wildman–Crippen MR) is 139 cm³/mol. The van der Waals surface area contributed by atoms with Crippen molar-refractivity contribution in [1.82, 2.24) is 10.3 Å². The molecule has 1 heterocycles. The zero-order valence-electron chi connectivity index (χ0n) is 19.2. The summed E-state index contributed by atoms with van der Waals surface area (Å²) in [5.41, 5.74) is 1.14. The van der Waals surface area contributed by atoms with E-state index in [1.165, 1.54) is 18.2 Å². The molecule has 0 saturated carbocycles. The van der Waals surface area contributed by atoms with Crippen LogP contribution < -0.4 is 10.9 Å². The molecule has 34 heavy (non-hydrogen) atoms. The van der Waals surface area contributed by atoms with E-state index >= 15 is 0 Å². The SMILES string of the molecule is CS(C)=O.CS(C)=O.O=C(N[C@H](Cc1cc(=O)[nH]c2ccccc12)C(=O)O)c1ccc(Cl)cc1. The highest BCUT2D eigenvalue weighted by molar-refractivity contribution is 7.83. The molecule has 0 bridgehead atoms. The second-order valence-corrected chi connectivity index (χ2v) is 10.7. The minimum absolute atomic E-state index is 0.0148. The summed E-state index contributed by atoms with van der Waals surface area (Å²) in [6.45, 7) is 0. The van der Waals surface area contributed by atoms with Gasteiger partial charge < -0.3 is 15.4 Å². The van der Waals surface area contributed by atoms with Gasteiger partial charge in [0.05, 0.1) is 0 Å². The van der Waals surface area contributed by atoms with Crippen LogP contribution in [0.25, 0.3) is 10.9 Å². The standard InChI is InChI=1S/C19H15ClN2O4.2C2H6OS/c20-13-7-5-11(6-8-13)18(24)22-16(19(25)26)9-12-10-17(23)21-15-4-2-1-3-14(12)15;2*1-4(2)3/h1-8,10,16H,9H2,(H,21,23)(H,22,24)(H,25,26);2*1-2H3/t16-;;/m1../s1. The fourth-order valence-electron chi connectivity index (χ4n) is 2.71. The number of aromatic nitrogens is 1. The largest absolute Gasteiger partial charge is 0.480 e. The van der Waals surface area contributed by atoms with Crippen LogP contribution in [-0.4, -0.2) is 61.4 Å². The maximum absolute atomic E-state index is 12.3. The molecule has 1 aromatic heterocycles. The number of carboxylic acid groups (broad SMARTS) is 1. The van der Waals surface area contributed by atoms with E-state index in [0.29, 0.717) is 21.7 Å². The Labute approximate surface area is 207 Å². The Morgan fingerprint density at radius 2 is 1.53 bits per heavy atom. The number of halogens is 1. The first-order valence-electron chi connectivity index (χ1n) is 9.81. The molecule has 3 N–H and O–H groups in total. The smallest absolute Gasteiger partial charge is 0.326 e. The fraction of sp³-hybridized carbons (Fsp3) is 0.261. The Morgan fingerprint density at radius 1 is 1.00 bits per heavy atom. The van der Waals surface area contributed by atoms with Gasteiger partial charge in [0.2, 0.25) is 5.56 Å².